The number of nitrogens with zero attached hydrogens (tertiary/aromatic N) is 3. The van der Waals surface area contributed by atoms with Crippen molar-refractivity contribution in [3.8, 4) is 0 Å². The summed E-state index contributed by atoms with van der Waals surface area (Å²) in [5.41, 5.74) is 0.701. The highest BCUT2D eigenvalue weighted by Crippen LogP contribution is 2.06. The number of carboxylic acids is 1. The number of carboxylic acid groups (broad SMARTS) is 1. The monoisotopic (exact) mass is 334 g/mol. The Hall–Kier alpha value is -2.77. The molecule has 1 aromatic carbocycles. The van der Waals surface area contributed by atoms with Crippen LogP contribution in [0.4, 0.5) is 4.39 Å². The van der Waals surface area contributed by atoms with Crippen molar-refractivity contribution in [3.63, 3.8) is 0 Å². The summed E-state index contributed by atoms with van der Waals surface area (Å²) in [5, 5.41) is 19.1. The maximum Gasteiger partial charge on any atom is 0.326 e. The molecule has 1 aromatic heterocycles. The van der Waals surface area contributed by atoms with E-state index in [1.165, 1.54) is 23.0 Å². The van der Waals surface area contributed by atoms with E-state index in [9.17, 15) is 14.0 Å². The van der Waals surface area contributed by atoms with Gasteiger partial charge in [0, 0.05) is 0 Å². The van der Waals surface area contributed by atoms with E-state index in [1.807, 2.05) is 6.92 Å². The number of aliphatic carboxylic acids is 1. The van der Waals surface area contributed by atoms with Gasteiger partial charge in [0.2, 0.25) is 0 Å². The second kappa shape index (κ2) is 8.19. The summed E-state index contributed by atoms with van der Waals surface area (Å²) in [7, 11) is 0. The number of nitrogens with one attached hydrogen (secondary N) is 1. The Balaban J connectivity index is 2.01. The summed E-state index contributed by atoms with van der Waals surface area (Å²) in [6.45, 7) is 2.20. The van der Waals surface area contributed by atoms with Gasteiger partial charge in [-0.3, -0.25) is 4.79 Å². The van der Waals surface area contributed by atoms with Crippen LogP contribution in [0.15, 0.2) is 30.5 Å². The smallest absolute Gasteiger partial charge is 0.326 e. The highest BCUT2D eigenvalue weighted by Gasteiger charge is 2.21. The number of benzene rings is 1. The number of rotatable bonds is 8. The Morgan fingerprint density at radius 3 is 2.88 bits per heavy atom. The number of carbonyl (C=O) groups is 2. The molecule has 128 valence electrons. The predicted octanol–water partition coefficient (Wildman–Crippen LogP) is 1.84. The molecule has 0 aliphatic rings. The van der Waals surface area contributed by atoms with Crippen LogP contribution in [0.5, 0.6) is 0 Å². The van der Waals surface area contributed by atoms with Crippen molar-refractivity contribution < 1.29 is 19.1 Å². The van der Waals surface area contributed by atoms with Gasteiger partial charge in [0.05, 0.1) is 12.7 Å². The minimum absolute atomic E-state index is 0.0224. The van der Waals surface area contributed by atoms with E-state index >= 15 is 0 Å². The quantitative estimate of drug-likeness (QED) is 0.768. The first-order valence-electron chi connectivity index (χ1n) is 7.68. The molecular formula is C16H19FN4O3. The van der Waals surface area contributed by atoms with Crippen LogP contribution in [0.3, 0.4) is 0 Å². The number of hydrogen-bond acceptors (Lipinski definition) is 4. The Bertz CT molecular complexity index is 717. The van der Waals surface area contributed by atoms with Gasteiger partial charge in [-0.25, -0.2) is 13.9 Å². The molecule has 2 aromatic rings. The van der Waals surface area contributed by atoms with E-state index in [0.29, 0.717) is 18.4 Å². The predicted molar refractivity (Wildman–Crippen MR) is 83.9 cm³/mol. The maximum atomic E-state index is 13.2. The zero-order chi connectivity index (χ0) is 17.5. The fourth-order valence-electron chi connectivity index (χ4n) is 2.20. The second-order valence-electron chi connectivity index (χ2n) is 5.44. The average Bonchev–Trinajstić information content (AvgIpc) is 2.99. The van der Waals surface area contributed by atoms with Crippen LogP contribution >= 0.6 is 0 Å². The maximum absolute atomic E-state index is 13.2. The number of hydrogen-bond donors (Lipinski definition) is 2. The molecule has 1 unspecified atom stereocenters. The molecule has 1 atom stereocenters. The van der Waals surface area contributed by atoms with E-state index in [4.69, 9.17) is 5.11 Å². The first kappa shape index (κ1) is 17.6. The van der Waals surface area contributed by atoms with Crippen molar-refractivity contribution in [1.29, 1.82) is 0 Å². The number of aromatic nitrogens is 3. The Morgan fingerprint density at radius 2 is 2.21 bits per heavy atom. The highest BCUT2D eigenvalue weighted by molar-refractivity contribution is 5.94. The highest BCUT2D eigenvalue weighted by atomic mass is 19.1. The number of unbranched alkanes of at least 4 members (excludes halogenated alkanes) is 1. The van der Waals surface area contributed by atoms with Crippen LogP contribution in [0, 0.1) is 5.82 Å². The molecule has 1 amide bonds. The van der Waals surface area contributed by atoms with Gasteiger partial charge in [0.25, 0.3) is 5.91 Å². The van der Waals surface area contributed by atoms with Crippen molar-refractivity contribution in [2.24, 2.45) is 0 Å². The van der Waals surface area contributed by atoms with Crippen LogP contribution in [0.1, 0.15) is 42.2 Å². The van der Waals surface area contributed by atoms with Crippen molar-refractivity contribution in [2.45, 2.75) is 38.8 Å². The second-order valence-corrected chi connectivity index (χ2v) is 5.44. The molecule has 24 heavy (non-hydrogen) atoms. The van der Waals surface area contributed by atoms with Gasteiger partial charge in [-0.05, 0) is 24.1 Å². The molecular weight excluding hydrogens is 315 g/mol. The fourth-order valence-corrected chi connectivity index (χ4v) is 2.20. The topological polar surface area (TPSA) is 97.1 Å². The third kappa shape index (κ3) is 4.87. The lowest BCUT2D eigenvalue weighted by atomic mass is 10.1. The van der Waals surface area contributed by atoms with Crippen molar-refractivity contribution in [3.05, 3.63) is 47.5 Å². The molecule has 0 aliphatic carbocycles. The van der Waals surface area contributed by atoms with Crippen LogP contribution < -0.4 is 5.32 Å². The van der Waals surface area contributed by atoms with Crippen LogP contribution in [0.2, 0.25) is 0 Å². The molecule has 0 radical (unpaired) electrons. The van der Waals surface area contributed by atoms with Gasteiger partial charge in [0.1, 0.15) is 11.9 Å². The zero-order valence-electron chi connectivity index (χ0n) is 13.3. The number of halogens is 1. The molecule has 0 saturated heterocycles. The average molecular weight is 334 g/mol. The Kier molecular flexibility index (Phi) is 6.00. The molecule has 2 rings (SSSR count). The minimum atomic E-state index is -1.08. The molecule has 8 heteroatoms. The van der Waals surface area contributed by atoms with Crippen molar-refractivity contribution in [1.82, 2.24) is 20.3 Å². The summed E-state index contributed by atoms with van der Waals surface area (Å²) in [6.07, 6.45) is 3.29. The molecule has 0 aliphatic heterocycles. The van der Waals surface area contributed by atoms with E-state index < -0.39 is 17.9 Å². The molecule has 7 nitrogen and oxygen atoms in total. The lowest BCUT2D eigenvalue weighted by molar-refractivity contribution is -0.139. The lowest BCUT2D eigenvalue weighted by Crippen LogP contribution is -2.40. The Morgan fingerprint density at radius 1 is 1.42 bits per heavy atom. The number of carbonyl (C=O) groups excluding carboxylic acids is 1. The van der Waals surface area contributed by atoms with Gasteiger partial charge in [-0.2, -0.15) is 0 Å². The first-order valence-corrected chi connectivity index (χ1v) is 7.68. The minimum Gasteiger partial charge on any atom is -0.480 e. The molecule has 1 heterocycles. The summed E-state index contributed by atoms with van der Waals surface area (Å²) >= 11 is 0. The molecule has 0 spiro atoms. The van der Waals surface area contributed by atoms with E-state index in [2.05, 4.69) is 15.6 Å². The molecule has 0 fully saturated rings. The van der Waals surface area contributed by atoms with Crippen molar-refractivity contribution in [2.75, 3.05) is 0 Å². The van der Waals surface area contributed by atoms with Crippen molar-refractivity contribution >= 4 is 11.9 Å². The van der Waals surface area contributed by atoms with Gasteiger partial charge < -0.3 is 10.4 Å². The molecule has 0 saturated carbocycles. The molecule has 2 N–H and O–H groups in total. The first-order chi connectivity index (χ1) is 11.5. The molecule has 0 bridgehead atoms. The third-order valence-corrected chi connectivity index (χ3v) is 3.45. The van der Waals surface area contributed by atoms with Gasteiger partial charge in [-0.1, -0.05) is 37.1 Å². The van der Waals surface area contributed by atoms with Crippen LogP contribution in [-0.2, 0) is 11.3 Å². The van der Waals surface area contributed by atoms with Gasteiger partial charge >= 0.3 is 5.97 Å². The summed E-state index contributed by atoms with van der Waals surface area (Å²) in [4.78, 5) is 23.3. The summed E-state index contributed by atoms with van der Waals surface area (Å²) < 4.78 is 14.6. The van der Waals surface area contributed by atoms with Gasteiger partial charge in [-0.15, -0.1) is 5.10 Å². The SMILES string of the molecule is CCCCC(NC(=O)c1cn(Cc2cccc(F)c2)nn1)C(=O)O. The zero-order valence-corrected chi connectivity index (χ0v) is 13.3. The summed E-state index contributed by atoms with van der Waals surface area (Å²) in [6, 6.07) is 5.07. The van der Waals surface area contributed by atoms with E-state index in [1.54, 1.807) is 12.1 Å². The fraction of sp³-hybridized carbons (Fsp3) is 0.375. The van der Waals surface area contributed by atoms with Crippen LogP contribution in [0.25, 0.3) is 0 Å². The third-order valence-electron chi connectivity index (χ3n) is 3.45. The standard InChI is InChI=1S/C16H19FN4O3/c1-2-3-7-13(16(23)24)18-15(22)14-10-21(20-19-14)9-11-5-4-6-12(17)8-11/h4-6,8,10,13H,2-3,7,9H2,1H3,(H,18,22)(H,23,24). The Labute approximate surface area is 138 Å². The lowest BCUT2D eigenvalue weighted by Gasteiger charge is -2.12. The van der Waals surface area contributed by atoms with Crippen LogP contribution in [-0.4, -0.2) is 38.0 Å². The van der Waals surface area contributed by atoms with E-state index in [0.717, 1.165) is 6.42 Å². The largest absolute Gasteiger partial charge is 0.480 e. The summed E-state index contributed by atoms with van der Waals surface area (Å²) in [5.74, 6) is -2.03. The normalized spacial score (nSPS) is 11.9. The van der Waals surface area contributed by atoms with Gasteiger partial charge in [0.15, 0.2) is 5.69 Å². The van der Waals surface area contributed by atoms with E-state index in [-0.39, 0.29) is 18.1 Å². The number of amides is 1.